The van der Waals surface area contributed by atoms with Gasteiger partial charge in [0.25, 0.3) is 0 Å². The summed E-state index contributed by atoms with van der Waals surface area (Å²) in [6, 6.07) is 0. The summed E-state index contributed by atoms with van der Waals surface area (Å²) in [6.45, 7) is 7.80. The van der Waals surface area contributed by atoms with Gasteiger partial charge < -0.3 is 11.1 Å². The van der Waals surface area contributed by atoms with Gasteiger partial charge in [0.05, 0.1) is 10.7 Å². The summed E-state index contributed by atoms with van der Waals surface area (Å²) in [4.78, 5) is 16.9. The molecule has 1 amide bonds. The van der Waals surface area contributed by atoms with Gasteiger partial charge in [0.15, 0.2) is 0 Å². The minimum Gasteiger partial charge on any atom is -0.356 e. The van der Waals surface area contributed by atoms with Gasteiger partial charge in [0.2, 0.25) is 5.91 Å². The van der Waals surface area contributed by atoms with Crippen molar-refractivity contribution in [2.75, 3.05) is 13.1 Å². The fraction of sp³-hybridized carbons (Fsp3) is 0.778. The molecule has 0 aliphatic heterocycles. The maximum Gasteiger partial charge on any atom is 0.220 e. The topological polar surface area (TPSA) is 68.0 Å². The molecule has 0 spiro atoms. The number of rotatable bonds is 6. The van der Waals surface area contributed by atoms with Gasteiger partial charge in [-0.1, -0.05) is 40.0 Å². The van der Waals surface area contributed by atoms with Gasteiger partial charge in [-0.2, -0.15) is 0 Å². The summed E-state index contributed by atoms with van der Waals surface area (Å²) < 4.78 is 0. The van der Waals surface area contributed by atoms with Crippen LogP contribution >= 0.6 is 11.3 Å². The Balaban J connectivity index is 1.77. The van der Waals surface area contributed by atoms with E-state index in [-0.39, 0.29) is 16.7 Å². The van der Waals surface area contributed by atoms with E-state index in [1.165, 1.54) is 19.3 Å². The van der Waals surface area contributed by atoms with Crippen LogP contribution in [0.25, 0.3) is 0 Å². The molecular formula is C18H31N3OS. The summed E-state index contributed by atoms with van der Waals surface area (Å²) in [5.41, 5.74) is 7.23. The molecule has 1 saturated carbocycles. The van der Waals surface area contributed by atoms with E-state index in [2.05, 4.69) is 36.5 Å². The van der Waals surface area contributed by atoms with E-state index in [0.717, 1.165) is 30.0 Å². The van der Waals surface area contributed by atoms with E-state index < -0.39 is 0 Å². The second-order valence-corrected chi connectivity index (χ2v) is 8.86. The number of amides is 1. The Morgan fingerprint density at radius 2 is 2.04 bits per heavy atom. The molecule has 1 aliphatic carbocycles. The molecule has 0 unspecified atom stereocenters. The van der Waals surface area contributed by atoms with Gasteiger partial charge in [-0.15, -0.1) is 11.3 Å². The lowest BCUT2D eigenvalue weighted by Crippen LogP contribution is -2.39. The van der Waals surface area contributed by atoms with Crippen LogP contribution in [0.15, 0.2) is 5.38 Å². The average Bonchev–Trinajstić information content (AvgIpc) is 2.97. The zero-order valence-electron chi connectivity index (χ0n) is 14.8. The van der Waals surface area contributed by atoms with Crippen LogP contribution in [0, 0.1) is 5.41 Å². The quantitative estimate of drug-likeness (QED) is 0.836. The molecule has 0 saturated heterocycles. The Kier molecular flexibility index (Phi) is 6.20. The first-order valence-corrected chi connectivity index (χ1v) is 9.64. The highest BCUT2D eigenvalue weighted by atomic mass is 32.1. The molecule has 3 N–H and O–H groups in total. The van der Waals surface area contributed by atoms with E-state index in [9.17, 15) is 4.79 Å². The molecule has 2 rings (SSSR count). The van der Waals surface area contributed by atoms with Crippen molar-refractivity contribution >= 4 is 17.2 Å². The number of hydrogen-bond acceptors (Lipinski definition) is 4. The second kappa shape index (κ2) is 7.75. The zero-order chi connectivity index (χ0) is 16.9. The van der Waals surface area contributed by atoms with Crippen LogP contribution in [0.1, 0.15) is 70.0 Å². The van der Waals surface area contributed by atoms with Gasteiger partial charge in [-0.25, -0.2) is 4.98 Å². The second-order valence-electron chi connectivity index (χ2n) is 7.92. The molecule has 130 valence electrons. The summed E-state index contributed by atoms with van der Waals surface area (Å²) in [5.74, 6) is 0.143. The molecular weight excluding hydrogens is 306 g/mol. The number of carbonyl (C=O) groups is 1. The fourth-order valence-corrected chi connectivity index (χ4v) is 4.26. The van der Waals surface area contributed by atoms with Crippen molar-refractivity contribution in [3.8, 4) is 0 Å². The Morgan fingerprint density at radius 1 is 1.35 bits per heavy atom. The van der Waals surface area contributed by atoms with Crippen molar-refractivity contribution in [2.24, 2.45) is 11.1 Å². The summed E-state index contributed by atoms with van der Waals surface area (Å²) in [5, 5.41) is 6.28. The predicted octanol–water partition coefficient (Wildman–Crippen LogP) is 3.40. The van der Waals surface area contributed by atoms with Crippen molar-refractivity contribution in [2.45, 2.75) is 71.1 Å². The normalized spacial score (nSPS) is 17.9. The molecule has 5 heteroatoms. The molecule has 23 heavy (non-hydrogen) atoms. The first kappa shape index (κ1) is 18.4. The van der Waals surface area contributed by atoms with Crippen LogP contribution in [0.3, 0.4) is 0 Å². The van der Waals surface area contributed by atoms with Crippen LogP contribution in [0.2, 0.25) is 0 Å². The molecule has 1 fully saturated rings. The lowest BCUT2D eigenvalue weighted by atomic mass is 9.71. The third kappa shape index (κ3) is 5.28. The monoisotopic (exact) mass is 337 g/mol. The number of nitrogens with two attached hydrogens (primary N) is 1. The predicted molar refractivity (Wildman–Crippen MR) is 96.7 cm³/mol. The average molecular weight is 338 g/mol. The molecule has 1 aromatic heterocycles. The van der Waals surface area contributed by atoms with E-state index in [0.29, 0.717) is 19.5 Å². The van der Waals surface area contributed by atoms with Gasteiger partial charge in [-0.05, 0) is 24.8 Å². The molecule has 0 radical (unpaired) electrons. The van der Waals surface area contributed by atoms with E-state index in [1.54, 1.807) is 11.3 Å². The van der Waals surface area contributed by atoms with Gasteiger partial charge in [0, 0.05) is 30.2 Å². The number of thiazole rings is 1. The highest BCUT2D eigenvalue weighted by Gasteiger charge is 2.32. The van der Waals surface area contributed by atoms with Crippen LogP contribution in [0.5, 0.6) is 0 Å². The largest absolute Gasteiger partial charge is 0.356 e. The molecule has 0 bridgehead atoms. The van der Waals surface area contributed by atoms with Crippen LogP contribution in [-0.2, 0) is 16.6 Å². The minimum absolute atomic E-state index is 0.0446. The lowest BCUT2D eigenvalue weighted by molar-refractivity contribution is -0.123. The summed E-state index contributed by atoms with van der Waals surface area (Å²) in [7, 11) is 0. The summed E-state index contributed by atoms with van der Waals surface area (Å²) >= 11 is 1.69. The zero-order valence-corrected chi connectivity index (χ0v) is 15.6. The molecule has 4 nitrogen and oxygen atoms in total. The standard InChI is InChI=1S/C18H31N3OS/c1-17(2,3)14-12-23-16(21-14)7-10-20-15(22)11-18(13-19)8-5-4-6-9-18/h12H,4-11,13,19H2,1-3H3,(H,20,22). The van der Waals surface area contributed by atoms with E-state index in [1.807, 2.05) is 0 Å². The van der Waals surface area contributed by atoms with Crippen molar-refractivity contribution in [3.63, 3.8) is 0 Å². The number of carbonyl (C=O) groups excluding carboxylic acids is 1. The molecule has 1 aliphatic rings. The number of nitrogens with one attached hydrogen (secondary N) is 1. The Bertz CT molecular complexity index is 513. The Morgan fingerprint density at radius 3 is 2.61 bits per heavy atom. The Hall–Kier alpha value is -0.940. The Labute approximate surface area is 144 Å². The number of nitrogens with zero attached hydrogens (tertiary/aromatic N) is 1. The van der Waals surface area contributed by atoms with Crippen molar-refractivity contribution in [1.29, 1.82) is 0 Å². The molecule has 0 atom stereocenters. The first-order chi connectivity index (χ1) is 10.8. The van der Waals surface area contributed by atoms with Crippen LogP contribution in [-0.4, -0.2) is 24.0 Å². The van der Waals surface area contributed by atoms with Gasteiger partial charge >= 0.3 is 0 Å². The maximum atomic E-state index is 12.2. The van der Waals surface area contributed by atoms with Crippen LogP contribution < -0.4 is 11.1 Å². The van der Waals surface area contributed by atoms with Gasteiger partial charge in [-0.3, -0.25) is 4.79 Å². The third-order valence-electron chi connectivity index (χ3n) is 4.86. The molecule has 1 aromatic rings. The lowest BCUT2D eigenvalue weighted by Gasteiger charge is -2.35. The summed E-state index contributed by atoms with van der Waals surface area (Å²) in [6.07, 6.45) is 7.27. The van der Waals surface area contributed by atoms with Gasteiger partial charge in [0.1, 0.15) is 0 Å². The molecule has 0 aromatic carbocycles. The van der Waals surface area contributed by atoms with E-state index in [4.69, 9.17) is 5.73 Å². The van der Waals surface area contributed by atoms with Crippen molar-refractivity contribution < 1.29 is 4.79 Å². The van der Waals surface area contributed by atoms with Crippen LogP contribution in [0.4, 0.5) is 0 Å². The smallest absolute Gasteiger partial charge is 0.220 e. The van der Waals surface area contributed by atoms with E-state index >= 15 is 0 Å². The first-order valence-electron chi connectivity index (χ1n) is 8.76. The van der Waals surface area contributed by atoms with Crippen molar-refractivity contribution in [3.05, 3.63) is 16.1 Å². The minimum atomic E-state index is 0.0446. The van der Waals surface area contributed by atoms with Crippen molar-refractivity contribution in [1.82, 2.24) is 10.3 Å². The highest BCUT2D eigenvalue weighted by molar-refractivity contribution is 7.09. The third-order valence-corrected chi connectivity index (χ3v) is 5.77. The fourth-order valence-electron chi connectivity index (χ4n) is 3.24. The SMILES string of the molecule is CC(C)(C)c1csc(CCNC(=O)CC2(CN)CCCCC2)n1. The number of hydrogen-bond donors (Lipinski definition) is 2. The highest BCUT2D eigenvalue weighted by Crippen LogP contribution is 2.38. The number of aromatic nitrogens is 1. The maximum absolute atomic E-state index is 12.2. The molecule has 1 heterocycles.